The Labute approximate surface area is 81.1 Å². The summed E-state index contributed by atoms with van der Waals surface area (Å²) in [4.78, 5) is 4.41. The van der Waals surface area contributed by atoms with E-state index in [-0.39, 0.29) is 0 Å². The topological polar surface area (TPSA) is 24.4 Å². The van der Waals surface area contributed by atoms with Gasteiger partial charge in [-0.2, -0.15) is 0 Å². The summed E-state index contributed by atoms with van der Waals surface area (Å²) in [6.07, 6.45) is 1.17. The summed E-state index contributed by atoms with van der Waals surface area (Å²) in [6, 6.07) is 0. The van der Waals surface area contributed by atoms with Crippen molar-refractivity contribution in [3.05, 3.63) is 11.1 Å². The lowest BCUT2D eigenvalue weighted by Gasteiger charge is -2.14. The second kappa shape index (κ2) is 4.56. The van der Waals surface area contributed by atoms with Gasteiger partial charge in [-0.3, -0.25) is 4.99 Å². The lowest BCUT2D eigenvalue weighted by atomic mass is 9.94. The summed E-state index contributed by atoms with van der Waals surface area (Å²) in [5, 5.41) is 3.36. The quantitative estimate of drug-likeness (QED) is 0.660. The second-order valence-electron chi connectivity index (χ2n) is 3.78. The van der Waals surface area contributed by atoms with Crippen LogP contribution in [0.15, 0.2) is 16.1 Å². The molecule has 0 bridgehead atoms. The summed E-state index contributed by atoms with van der Waals surface area (Å²) in [7, 11) is 1.90. The zero-order chi connectivity index (χ0) is 9.84. The highest BCUT2D eigenvalue weighted by Crippen LogP contribution is 2.17. The van der Waals surface area contributed by atoms with Crippen molar-refractivity contribution in [2.75, 3.05) is 20.1 Å². The van der Waals surface area contributed by atoms with Crippen LogP contribution in [0.5, 0.6) is 0 Å². The van der Waals surface area contributed by atoms with Crippen molar-refractivity contribution < 1.29 is 0 Å². The Morgan fingerprint density at radius 1 is 1.54 bits per heavy atom. The maximum Gasteiger partial charge on any atom is 0.0417 e. The Morgan fingerprint density at radius 3 is 2.62 bits per heavy atom. The predicted molar refractivity (Wildman–Crippen MR) is 58.4 cm³/mol. The molecule has 0 amide bonds. The minimum Gasteiger partial charge on any atom is -0.309 e. The first-order valence-electron chi connectivity index (χ1n) is 5.07. The molecule has 0 spiro atoms. The Balaban J connectivity index is 2.84. The summed E-state index contributed by atoms with van der Waals surface area (Å²) in [6.45, 7) is 8.70. The zero-order valence-electron chi connectivity index (χ0n) is 9.15. The molecule has 0 saturated carbocycles. The van der Waals surface area contributed by atoms with Gasteiger partial charge < -0.3 is 5.32 Å². The third-order valence-corrected chi connectivity index (χ3v) is 2.84. The molecule has 1 atom stereocenters. The van der Waals surface area contributed by atoms with Gasteiger partial charge in [-0.25, -0.2) is 0 Å². The molecule has 1 N–H and O–H groups in total. The monoisotopic (exact) mass is 180 g/mol. The smallest absolute Gasteiger partial charge is 0.0417 e. The molecule has 1 aliphatic rings. The van der Waals surface area contributed by atoms with E-state index in [0.29, 0.717) is 5.92 Å². The standard InChI is InChI=1S/C11H20N2/c1-5-8(2)11(12-4)10-7-13-6-9(10)3/h8,13H,5-7H2,1-4H3. The first kappa shape index (κ1) is 10.5. The van der Waals surface area contributed by atoms with Gasteiger partial charge in [0.1, 0.15) is 0 Å². The summed E-state index contributed by atoms with van der Waals surface area (Å²) < 4.78 is 0. The minimum absolute atomic E-state index is 0.592. The molecule has 0 aromatic carbocycles. The summed E-state index contributed by atoms with van der Waals surface area (Å²) in [5.41, 5.74) is 4.20. The van der Waals surface area contributed by atoms with E-state index in [1.54, 1.807) is 0 Å². The Morgan fingerprint density at radius 2 is 2.23 bits per heavy atom. The summed E-state index contributed by atoms with van der Waals surface area (Å²) in [5.74, 6) is 0.592. The number of hydrogen-bond donors (Lipinski definition) is 1. The lowest BCUT2D eigenvalue weighted by Crippen LogP contribution is -2.18. The molecule has 0 aromatic rings. The molecule has 0 aromatic heterocycles. The van der Waals surface area contributed by atoms with Crippen LogP contribution in [0.4, 0.5) is 0 Å². The molecule has 13 heavy (non-hydrogen) atoms. The first-order chi connectivity index (χ1) is 6.20. The van der Waals surface area contributed by atoms with Crippen LogP contribution in [0.1, 0.15) is 27.2 Å². The molecule has 2 heteroatoms. The third-order valence-electron chi connectivity index (χ3n) is 2.84. The molecule has 1 heterocycles. The van der Waals surface area contributed by atoms with Crippen LogP contribution in [-0.4, -0.2) is 25.8 Å². The van der Waals surface area contributed by atoms with Crippen LogP contribution in [0.2, 0.25) is 0 Å². The Kier molecular flexibility index (Phi) is 3.67. The molecule has 0 fully saturated rings. The fraction of sp³-hybridized carbons (Fsp3) is 0.727. The maximum atomic E-state index is 4.41. The molecular formula is C11H20N2. The SMILES string of the molecule is CCC(C)C(=NC)C1=C(C)CNC1. The highest BCUT2D eigenvalue weighted by atomic mass is 14.9. The average Bonchev–Trinajstić information content (AvgIpc) is 2.53. The van der Waals surface area contributed by atoms with Gasteiger partial charge in [0, 0.05) is 25.8 Å². The van der Waals surface area contributed by atoms with Gasteiger partial charge in [-0.1, -0.05) is 19.4 Å². The molecule has 1 unspecified atom stereocenters. The van der Waals surface area contributed by atoms with Crippen LogP contribution in [-0.2, 0) is 0 Å². The van der Waals surface area contributed by atoms with E-state index < -0.39 is 0 Å². The van der Waals surface area contributed by atoms with Gasteiger partial charge in [-0.15, -0.1) is 0 Å². The Hall–Kier alpha value is -0.630. The van der Waals surface area contributed by atoms with E-state index in [1.807, 2.05) is 7.05 Å². The lowest BCUT2D eigenvalue weighted by molar-refractivity contribution is 0.734. The molecule has 1 aliphatic heterocycles. The van der Waals surface area contributed by atoms with E-state index in [1.165, 1.54) is 23.3 Å². The number of nitrogens with one attached hydrogen (secondary N) is 1. The van der Waals surface area contributed by atoms with E-state index >= 15 is 0 Å². The highest BCUT2D eigenvalue weighted by Gasteiger charge is 2.18. The van der Waals surface area contributed by atoms with Crippen LogP contribution in [0, 0.1) is 5.92 Å². The van der Waals surface area contributed by atoms with Gasteiger partial charge in [0.05, 0.1) is 0 Å². The molecule has 1 rings (SSSR count). The van der Waals surface area contributed by atoms with Gasteiger partial charge in [-0.05, 0) is 24.8 Å². The van der Waals surface area contributed by atoms with Crippen LogP contribution in [0.3, 0.4) is 0 Å². The maximum absolute atomic E-state index is 4.41. The van der Waals surface area contributed by atoms with Crippen molar-refractivity contribution in [3.8, 4) is 0 Å². The van der Waals surface area contributed by atoms with E-state index in [4.69, 9.17) is 0 Å². The van der Waals surface area contributed by atoms with E-state index in [2.05, 4.69) is 31.1 Å². The minimum atomic E-state index is 0.592. The fourth-order valence-corrected chi connectivity index (χ4v) is 1.79. The molecule has 0 radical (unpaired) electrons. The molecule has 0 saturated heterocycles. The normalized spacial score (nSPS) is 21.1. The average molecular weight is 180 g/mol. The highest BCUT2D eigenvalue weighted by molar-refractivity contribution is 6.03. The second-order valence-corrected chi connectivity index (χ2v) is 3.78. The van der Waals surface area contributed by atoms with Crippen molar-refractivity contribution in [2.24, 2.45) is 10.9 Å². The zero-order valence-corrected chi connectivity index (χ0v) is 9.15. The largest absolute Gasteiger partial charge is 0.309 e. The van der Waals surface area contributed by atoms with Crippen molar-refractivity contribution in [1.82, 2.24) is 5.32 Å². The van der Waals surface area contributed by atoms with Crippen LogP contribution >= 0.6 is 0 Å². The van der Waals surface area contributed by atoms with E-state index in [9.17, 15) is 0 Å². The fourth-order valence-electron chi connectivity index (χ4n) is 1.79. The van der Waals surface area contributed by atoms with Crippen molar-refractivity contribution in [2.45, 2.75) is 27.2 Å². The first-order valence-corrected chi connectivity index (χ1v) is 5.07. The molecular weight excluding hydrogens is 160 g/mol. The van der Waals surface area contributed by atoms with Crippen molar-refractivity contribution >= 4 is 5.71 Å². The molecule has 74 valence electrons. The van der Waals surface area contributed by atoms with Gasteiger partial charge in [0.25, 0.3) is 0 Å². The van der Waals surface area contributed by atoms with Crippen LogP contribution < -0.4 is 5.32 Å². The Bertz CT molecular complexity index is 238. The van der Waals surface area contributed by atoms with Crippen molar-refractivity contribution in [1.29, 1.82) is 0 Å². The molecule has 0 aliphatic carbocycles. The predicted octanol–water partition coefficient (Wildman–Crippen LogP) is 2.02. The van der Waals surface area contributed by atoms with Gasteiger partial charge in [0.15, 0.2) is 0 Å². The number of rotatable bonds is 3. The van der Waals surface area contributed by atoms with Gasteiger partial charge in [0.2, 0.25) is 0 Å². The number of hydrogen-bond acceptors (Lipinski definition) is 2. The number of aliphatic imine (C=N–C) groups is 1. The van der Waals surface area contributed by atoms with Gasteiger partial charge >= 0.3 is 0 Å². The van der Waals surface area contributed by atoms with E-state index in [0.717, 1.165) is 13.1 Å². The summed E-state index contributed by atoms with van der Waals surface area (Å²) >= 11 is 0. The van der Waals surface area contributed by atoms with Crippen LogP contribution in [0.25, 0.3) is 0 Å². The van der Waals surface area contributed by atoms with Crippen molar-refractivity contribution in [3.63, 3.8) is 0 Å². The molecule has 2 nitrogen and oxygen atoms in total. The third kappa shape index (κ3) is 2.19. The number of nitrogens with zero attached hydrogens (tertiary/aromatic N) is 1.